The number of anilines is 1. The molecule has 1 saturated heterocycles. The molecule has 0 spiro atoms. The van der Waals surface area contributed by atoms with Gasteiger partial charge in [0.05, 0.1) is 5.69 Å². The predicted octanol–water partition coefficient (Wildman–Crippen LogP) is 3.68. The third kappa shape index (κ3) is 5.25. The number of nitrogens with one attached hydrogen (secondary N) is 2. The molecule has 0 radical (unpaired) electrons. The summed E-state index contributed by atoms with van der Waals surface area (Å²) in [5.74, 6) is 0.656. The molecular weight excluding hydrogens is 435 g/mol. The van der Waals surface area contributed by atoms with Gasteiger partial charge in [0.1, 0.15) is 12.4 Å². The molecule has 1 aromatic carbocycles. The highest BCUT2D eigenvalue weighted by atomic mass is 19.1. The Morgan fingerprint density at radius 1 is 1.09 bits per heavy atom. The Morgan fingerprint density at radius 2 is 1.82 bits per heavy atom. The van der Waals surface area contributed by atoms with Crippen molar-refractivity contribution in [1.82, 2.24) is 25.5 Å². The van der Waals surface area contributed by atoms with E-state index in [4.69, 9.17) is 0 Å². The lowest BCUT2D eigenvalue weighted by Crippen LogP contribution is -2.62. The second-order valence-electron chi connectivity index (χ2n) is 10.2. The van der Waals surface area contributed by atoms with Gasteiger partial charge in [0.25, 0.3) is 0 Å². The fourth-order valence-electron chi connectivity index (χ4n) is 5.11. The summed E-state index contributed by atoms with van der Waals surface area (Å²) in [5.41, 5.74) is 1.84. The number of hydrogen-bond donors (Lipinski definition) is 3. The van der Waals surface area contributed by atoms with Crippen LogP contribution in [-0.2, 0) is 0 Å². The summed E-state index contributed by atoms with van der Waals surface area (Å²) in [6.45, 7) is 8.43. The van der Waals surface area contributed by atoms with Crippen LogP contribution in [0.4, 0.5) is 10.2 Å². The minimum absolute atomic E-state index is 0.0354. The van der Waals surface area contributed by atoms with Gasteiger partial charge in [-0.1, -0.05) is 6.07 Å². The van der Waals surface area contributed by atoms with Gasteiger partial charge in [-0.05, 0) is 70.4 Å². The molecule has 0 bridgehead atoms. The Morgan fingerprint density at radius 3 is 2.38 bits per heavy atom. The average molecular weight is 467 g/mol. The number of halogens is 1. The number of phenols is 1. The summed E-state index contributed by atoms with van der Waals surface area (Å²) in [4.78, 5) is 19.4. The first-order chi connectivity index (χ1) is 16.1. The number of H-pyrrole nitrogens is 1. The highest BCUT2D eigenvalue weighted by Crippen LogP contribution is 2.35. The Hall–Kier alpha value is -3.33. The van der Waals surface area contributed by atoms with E-state index >= 15 is 0 Å². The van der Waals surface area contributed by atoms with Crippen LogP contribution in [-0.4, -0.2) is 55.6 Å². The van der Waals surface area contributed by atoms with Crippen LogP contribution in [0, 0.1) is 0 Å². The molecule has 0 atom stereocenters. The monoisotopic (exact) mass is 466 g/mol. The third-order valence-corrected chi connectivity index (χ3v) is 6.16. The van der Waals surface area contributed by atoms with Gasteiger partial charge < -0.3 is 20.3 Å². The van der Waals surface area contributed by atoms with Crippen LogP contribution in [0.3, 0.4) is 0 Å². The van der Waals surface area contributed by atoms with E-state index in [-0.39, 0.29) is 29.4 Å². The first-order valence-electron chi connectivity index (χ1n) is 11.4. The molecular formula is C25H31FN6O2. The largest absolute Gasteiger partial charge is 0.507 e. The molecule has 0 saturated carbocycles. The lowest BCUT2D eigenvalue weighted by atomic mass is 9.79. The summed E-state index contributed by atoms with van der Waals surface area (Å²) < 4.78 is 13.5. The number of nitrogens with zero attached hydrogens (tertiary/aromatic N) is 4. The molecule has 34 heavy (non-hydrogen) atoms. The van der Waals surface area contributed by atoms with Crippen molar-refractivity contribution in [1.29, 1.82) is 0 Å². The Bertz CT molecular complexity index is 1170. The fraction of sp³-hybridized carbons (Fsp3) is 0.440. The summed E-state index contributed by atoms with van der Waals surface area (Å²) in [7, 11) is 0. The van der Waals surface area contributed by atoms with Crippen molar-refractivity contribution in [2.45, 2.75) is 57.7 Å². The Labute approximate surface area is 198 Å². The predicted molar refractivity (Wildman–Crippen MR) is 131 cm³/mol. The van der Waals surface area contributed by atoms with Crippen LogP contribution in [0.2, 0.25) is 0 Å². The van der Waals surface area contributed by atoms with Crippen LogP contribution in [0.1, 0.15) is 40.5 Å². The summed E-state index contributed by atoms with van der Waals surface area (Å²) in [5, 5.41) is 23.0. The van der Waals surface area contributed by atoms with Gasteiger partial charge in [-0.15, -0.1) is 10.2 Å². The van der Waals surface area contributed by atoms with E-state index in [0.29, 0.717) is 28.2 Å². The molecule has 3 heterocycles. The van der Waals surface area contributed by atoms with E-state index in [0.717, 1.165) is 12.8 Å². The summed E-state index contributed by atoms with van der Waals surface area (Å²) >= 11 is 0. The van der Waals surface area contributed by atoms with Crippen molar-refractivity contribution in [3.05, 3.63) is 53.2 Å². The zero-order valence-electron chi connectivity index (χ0n) is 20.0. The zero-order valence-corrected chi connectivity index (χ0v) is 20.0. The minimum Gasteiger partial charge on any atom is -0.507 e. The normalized spacial score (nSPS) is 17.4. The molecule has 2 aromatic heterocycles. The van der Waals surface area contributed by atoms with Gasteiger partial charge in [0.2, 0.25) is 0 Å². The molecule has 0 aliphatic carbocycles. The number of aromatic hydroxyl groups is 1. The molecule has 3 N–H and O–H groups in total. The summed E-state index contributed by atoms with van der Waals surface area (Å²) in [6.07, 6.45) is 4.72. The maximum atomic E-state index is 13.5. The fourth-order valence-corrected chi connectivity index (χ4v) is 5.11. The molecule has 3 aromatic rings. The van der Waals surface area contributed by atoms with Crippen LogP contribution in [0.15, 0.2) is 47.5 Å². The van der Waals surface area contributed by atoms with Crippen molar-refractivity contribution in [2.24, 2.45) is 0 Å². The third-order valence-electron chi connectivity index (χ3n) is 6.16. The summed E-state index contributed by atoms with van der Waals surface area (Å²) in [6, 6.07) is 8.90. The van der Waals surface area contributed by atoms with Gasteiger partial charge >= 0.3 is 5.69 Å². The number of aromatic nitrogens is 4. The van der Waals surface area contributed by atoms with Crippen molar-refractivity contribution >= 4 is 5.82 Å². The van der Waals surface area contributed by atoms with Crippen LogP contribution in [0.25, 0.3) is 22.4 Å². The molecule has 1 fully saturated rings. The number of benzene rings is 1. The number of piperidine rings is 1. The standard InChI is InChI=1S/C25H31FN6O2/c1-24(2)12-18(13-25(3,4)31-24)32(10-9-26)22-8-7-20(29-30-22)19-6-5-16(11-21(19)33)17-14-27-23(34)28-15-17/h5-8,11,14-15,18,31,33H,9-10,12-13H2,1-4H3,(H,27,28,34). The number of alkyl halides is 1. The van der Waals surface area contributed by atoms with E-state index in [9.17, 15) is 14.3 Å². The highest BCUT2D eigenvalue weighted by molar-refractivity contribution is 5.73. The minimum atomic E-state index is -0.476. The van der Waals surface area contributed by atoms with Gasteiger partial charge in [0.15, 0.2) is 5.82 Å². The molecule has 180 valence electrons. The van der Waals surface area contributed by atoms with E-state index in [1.807, 2.05) is 17.0 Å². The van der Waals surface area contributed by atoms with Gasteiger partial charge in [0, 0.05) is 47.2 Å². The SMILES string of the molecule is CC1(C)CC(N(CCF)c2ccc(-c3ccc(-c4cnc(=O)[nH]c4)cc3O)nn2)CC(C)(C)N1. The van der Waals surface area contributed by atoms with Crippen LogP contribution in [0.5, 0.6) is 5.75 Å². The maximum absolute atomic E-state index is 13.5. The van der Waals surface area contributed by atoms with Gasteiger partial charge in [-0.3, -0.25) is 0 Å². The Balaban J connectivity index is 1.59. The second kappa shape index (κ2) is 9.13. The van der Waals surface area contributed by atoms with Gasteiger partial charge in [-0.2, -0.15) is 0 Å². The highest BCUT2D eigenvalue weighted by Gasteiger charge is 2.40. The van der Waals surface area contributed by atoms with Gasteiger partial charge in [-0.25, -0.2) is 14.2 Å². The molecule has 4 rings (SSSR count). The van der Waals surface area contributed by atoms with Crippen molar-refractivity contribution in [2.75, 3.05) is 18.1 Å². The second-order valence-corrected chi connectivity index (χ2v) is 10.2. The van der Waals surface area contributed by atoms with Crippen molar-refractivity contribution in [3.8, 4) is 28.1 Å². The van der Waals surface area contributed by atoms with E-state index < -0.39 is 12.4 Å². The molecule has 0 amide bonds. The molecule has 9 heteroatoms. The van der Waals surface area contributed by atoms with E-state index in [2.05, 4.69) is 53.2 Å². The number of rotatable bonds is 6. The maximum Gasteiger partial charge on any atom is 0.344 e. The van der Waals surface area contributed by atoms with Crippen LogP contribution >= 0.6 is 0 Å². The Kier molecular flexibility index (Phi) is 6.40. The zero-order chi connectivity index (χ0) is 24.5. The quantitative estimate of drug-likeness (QED) is 0.509. The smallest absolute Gasteiger partial charge is 0.344 e. The average Bonchev–Trinajstić information content (AvgIpc) is 2.76. The van der Waals surface area contributed by atoms with E-state index in [1.54, 1.807) is 24.4 Å². The molecule has 1 aliphatic heterocycles. The number of hydrogen-bond acceptors (Lipinski definition) is 7. The van der Waals surface area contributed by atoms with E-state index in [1.165, 1.54) is 6.20 Å². The molecule has 1 aliphatic rings. The van der Waals surface area contributed by atoms with Crippen molar-refractivity contribution in [3.63, 3.8) is 0 Å². The number of aromatic amines is 1. The lowest BCUT2D eigenvalue weighted by Gasteiger charge is -2.49. The number of phenolic OH excluding ortho intramolecular Hbond substituents is 1. The lowest BCUT2D eigenvalue weighted by molar-refractivity contribution is 0.157. The topological polar surface area (TPSA) is 107 Å². The first-order valence-corrected chi connectivity index (χ1v) is 11.4. The van der Waals surface area contributed by atoms with Crippen molar-refractivity contribution < 1.29 is 9.50 Å². The first kappa shape index (κ1) is 23.8. The molecule has 8 nitrogen and oxygen atoms in total. The van der Waals surface area contributed by atoms with Crippen LogP contribution < -0.4 is 15.9 Å². The molecule has 0 unspecified atom stereocenters.